The van der Waals surface area contributed by atoms with Gasteiger partial charge in [-0.2, -0.15) is 0 Å². The number of carbonyl (C=O) groups excluding carboxylic acids is 1. The van der Waals surface area contributed by atoms with E-state index in [1.54, 1.807) is 55.8 Å². The lowest BCUT2D eigenvalue weighted by Gasteiger charge is -2.13. The summed E-state index contributed by atoms with van der Waals surface area (Å²) >= 11 is 0. The molecule has 4 aromatic rings. The van der Waals surface area contributed by atoms with Crippen LogP contribution in [0.3, 0.4) is 0 Å². The molecule has 1 N–H and O–H groups in total. The zero-order valence-corrected chi connectivity index (χ0v) is 17.1. The first-order valence-electron chi connectivity index (χ1n) is 10.1. The molecule has 0 aliphatic rings. The number of nitrogens with one attached hydrogen (secondary N) is 1. The third-order valence-corrected chi connectivity index (χ3v) is 5.10. The minimum atomic E-state index is -0.596. The van der Waals surface area contributed by atoms with E-state index in [0.717, 1.165) is 11.3 Å². The van der Waals surface area contributed by atoms with Crippen LogP contribution in [-0.4, -0.2) is 26.6 Å². The van der Waals surface area contributed by atoms with Crippen molar-refractivity contribution in [3.8, 4) is 0 Å². The molecule has 3 heterocycles. The lowest BCUT2D eigenvalue weighted by molar-refractivity contribution is 0.0953. The van der Waals surface area contributed by atoms with E-state index in [2.05, 4.69) is 10.3 Å². The van der Waals surface area contributed by atoms with Crippen LogP contribution >= 0.6 is 0 Å². The highest BCUT2D eigenvalue weighted by atomic mass is 16.3. The van der Waals surface area contributed by atoms with Gasteiger partial charge in [0.1, 0.15) is 5.76 Å². The SMILES string of the molecule is CCn1c(=O)c(=O)n(Cc2ccc(C(=O)NCCc3ccco3)cc2)c2cccnc21. The van der Waals surface area contributed by atoms with Crippen LogP contribution in [0.15, 0.2) is 75.0 Å². The number of benzene rings is 1. The number of amides is 1. The van der Waals surface area contributed by atoms with Gasteiger partial charge in [-0.3, -0.25) is 23.5 Å². The van der Waals surface area contributed by atoms with Crippen molar-refractivity contribution < 1.29 is 9.21 Å². The highest BCUT2D eigenvalue weighted by Crippen LogP contribution is 2.11. The Morgan fingerprint density at radius 2 is 1.81 bits per heavy atom. The zero-order chi connectivity index (χ0) is 21.8. The van der Waals surface area contributed by atoms with E-state index in [9.17, 15) is 14.4 Å². The van der Waals surface area contributed by atoms with Gasteiger partial charge in [-0.15, -0.1) is 0 Å². The maximum atomic E-state index is 12.7. The highest BCUT2D eigenvalue weighted by molar-refractivity contribution is 5.94. The van der Waals surface area contributed by atoms with Crippen LogP contribution in [0, 0.1) is 0 Å². The molecule has 0 aliphatic carbocycles. The van der Waals surface area contributed by atoms with Crippen molar-refractivity contribution in [3.63, 3.8) is 0 Å². The molecule has 31 heavy (non-hydrogen) atoms. The first kappa shape index (κ1) is 20.3. The number of hydrogen-bond donors (Lipinski definition) is 1. The molecular weight excluding hydrogens is 396 g/mol. The Balaban J connectivity index is 1.52. The number of hydrogen-bond acceptors (Lipinski definition) is 5. The van der Waals surface area contributed by atoms with Gasteiger partial charge >= 0.3 is 11.1 Å². The normalized spacial score (nSPS) is 11.0. The maximum Gasteiger partial charge on any atom is 0.318 e. The lowest BCUT2D eigenvalue weighted by Crippen LogP contribution is -2.41. The Kier molecular flexibility index (Phi) is 5.79. The van der Waals surface area contributed by atoms with Crippen LogP contribution in [0.5, 0.6) is 0 Å². The van der Waals surface area contributed by atoms with Crippen molar-refractivity contribution in [1.29, 1.82) is 0 Å². The smallest absolute Gasteiger partial charge is 0.318 e. The molecule has 158 valence electrons. The molecule has 0 fully saturated rings. The minimum Gasteiger partial charge on any atom is -0.469 e. The van der Waals surface area contributed by atoms with Crippen LogP contribution in [-0.2, 0) is 19.5 Å². The third kappa shape index (κ3) is 4.18. The second kappa shape index (κ2) is 8.83. The largest absolute Gasteiger partial charge is 0.469 e. The lowest BCUT2D eigenvalue weighted by atomic mass is 10.1. The number of aromatic nitrogens is 3. The van der Waals surface area contributed by atoms with Crippen molar-refractivity contribution in [1.82, 2.24) is 19.4 Å². The van der Waals surface area contributed by atoms with E-state index in [4.69, 9.17) is 4.42 Å². The monoisotopic (exact) mass is 418 g/mol. The molecule has 8 heteroatoms. The van der Waals surface area contributed by atoms with E-state index >= 15 is 0 Å². The summed E-state index contributed by atoms with van der Waals surface area (Å²) in [7, 11) is 0. The van der Waals surface area contributed by atoms with Gasteiger partial charge < -0.3 is 9.73 Å². The molecule has 0 aliphatic heterocycles. The van der Waals surface area contributed by atoms with Gasteiger partial charge in [0.2, 0.25) is 0 Å². The molecule has 1 amide bonds. The molecular formula is C23H22N4O4. The Hall–Kier alpha value is -3.94. The van der Waals surface area contributed by atoms with Gasteiger partial charge in [0.15, 0.2) is 5.65 Å². The van der Waals surface area contributed by atoms with Crippen LogP contribution in [0.4, 0.5) is 0 Å². The molecule has 0 saturated carbocycles. The van der Waals surface area contributed by atoms with E-state index in [1.807, 2.05) is 12.1 Å². The van der Waals surface area contributed by atoms with Crippen LogP contribution in [0.2, 0.25) is 0 Å². The minimum absolute atomic E-state index is 0.185. The summed E-state index contributed by atoms with van der Waals surface area (Å²) in [5, 5.41) is 2.85. The number of rotatable bonds is 7. The van der Waals surface area contributed by atoms with Gasteiger partial charge in [-0.1, -0.05) is 12.1 Å². The standard InChI is InChI=1S/C23H22N4O4/c1-2-26-20-19(6-3-12-24-20)27(23(30)22(26)29)15-16-7-9-17(10-8-16)21(28)25-13-11-18-5-4-14-31-18/h3-10,12,14H,2,11,13,15H2,1H3,(H,25,28). The van der Waals surface area contributed by atoms with Crippen LogP contribution in [0.1, 0.15) is 28.6 Å². The fourth-order valence-corrected chi connectivity index (χ4v) is 3.49. The molecule has 0 spiro atoms. The van der Waals surface area contributed by atoms with Gasteiger partial charge in [0.25, 0.3) is 5.91 Å². The van der Waals surface area contributed by atoms with Crippen molar-refractivity contribution in [2.75, 3.05) is 6.54 Å². The summed E-state index contributed by atoms with van der Waals surface area (Å²) in [4.78, 5) is 41.8. The topological polar surface area (TPSA) is 99.1 Å². The Labute approximate surface area is 177 Å². The number of carbonyl (C=O) groups is 1. The first-order chi connectivity index (χ1) is 15.1. The summed E-state index contributed by atoms with van der Waals surface area (Å²) in [6.45, 7) is 2.85. The van der Waals surface area contributed by atoms with E-state index in [-0.39, 0.29) is 12.5 Å². The molecule has 0 saturated heterocycles. The summed E-state index contributed by atoms with van der Waals surface area (Å²) < 4.78 is 8.05. The van der Waals surface area contributed by atoms with Crippen molar-refractivity contribution in [2.45, 2.75) is 26.4 Å². The molecule has 8 nitrogen and oxygen atoms in total. The Bertz CT molecular complexity index is 1320. The van der Waals surface area contributed by atoms with Crippen molar-refractivity contribution in [2.24, 2.45) is 0 Å². The van der Waals surface area contributed by atoms with Gasteiger partial charge in [0, 0.05) is 31.3 Å². The van der Waals surface area contributed by atoms with Gasteiger partial charge in [0.05, 0.1) is 18.3 Å². The summed E-state index contributed by atoms with van der Waals surface area (Å²) in [5.74, 6) is 0.628. The first-order valence-corrected chi connectivity index (χ1v) is 10.1. The van der Waals surface area contributed by atoms with Crippen molar-refractivity contribution >= 4 is 17.1 Å². The second-order valence-electron chi connectivity index (χ2n) is 7.07. The molecule has 0 bridgehead atoms. The summed E-state index contributed by atoms with van der Waals surface area (Å²) in [6.07, 6.45) is 3.82. The number of fused-ring (bicyclic) bond motifs is 1. The van der Waals surface area contributed by atoms with Crippen LogP contribution < -0.4 is 16.4 Å². The predicted octanol–water partition coefficient (Wildman–Crippen LogP) is 2.19. The number of nitrogens with zero attached hydrogens (tertiary/aromatic N) is 3. The number of pyridine rings is 1. The fraction of sp³-hybridized carbons (Fsp3) is 0.217. The average molecular weight is 418 g/mol. The molecule has 0 unspecified atom stereocenters. The fourth-order valence-electron chi connectivity index (χ4n) is 3.49. The van der Waals surface area contributed by atoms with E-state index in [1.165, 1.54) is 9.13 Å². The third-order valence-electron chi connectivity index (χ3n) is 5.10. The summed E-state index contributed by atoms with van der Waals surface area (Å²) in [6, 6.07) is 14.1. The quantitative estimate of drug-likeness (QED) is 0.464. The van der Waals surface area contributed by atoms with E-state index < -0.39 is 11.1 Å². The maximum absolute atomic E-state index is 12.7. The second-order valence-corrected chi connectivity index (χ2v) is 7.07. The van der Waals surface area contributed by atoms with Crippen molar-refractivity contribution in [3.05, 3.63) is 98.6 Å². The predicted molar refractivity (Wildman–Crippen MR) is 116 cm³/mol. The molecule has 1 aromatic carbocycles. The number of aryl methyl sites for hydroxylation is 1. The summed E-state index contributed by atoms with van der Waals surface area (Å²) in [5.41, 5.74) is 1.19. The van der Waals surface area contributed by atoms with Gasteiger partial charge in [-0.05, 0) is 48.9 Å². The molecule has 0 atom stereocenters. The highest BCUT2D eigenvalue weighted by Gasteiger charge is 2.13. The van der Waals surface area contributed by atoms with Gasteiger partial charge in [-0.25, -0.2) is 4.98 Å². The molecule has 4 rings (SSSR count). The van der Waals surface area contributed by atoms with E-state index in [0.29, 0.717) is 36.2 Å². The zero-order valence-electron chi connectivity index (χ0n) is 17.1. The molecule has 3 aromatic heterocycles. The Morgan fingerprint density at radius 1 is 1.03 bits per heavy atom. The average Bonchev–Trinajstić information content (AvgIpc) is 3.31. The molecule has 0 radical (unpaired) electrons. The van der Waals surface area contributed by atoms with Crippen LogP contribution in [0.25, 0.3) is 11.2 Å². The Morgan fingerprint density at radius 3 is 2.52 bits per heavy atom. The number of furan rings is 1.